The molecule has 0 aliphatic rings. The minimum atomic E-state index is -3.80. The van der Waals surface area contributed by atoms with E-state index in [1.54, 1.807) is 0 Å². The van der Waals surface area contributed by atoms with Gasteiger partial charge in [-0.25, -0.2) is 0 Å². The van der Waals surface area contributed by atoms with Crippen LogP contribution in [0.4, 0.5) is 8.39 Å². The summed E-state index contributed by atoms with van der Waals surface area (Å²) in [4.78, 5) is 0. The molecule has 1 atom stereocenters. The van der Waals surface area contributed by atoms with E-state index in [4.69, 9.17) is 0 Å². The van der Waals surface area contributed by atoms with E-state index in [1.165, 1.54) is 6.92 Å². The summed E-state index contributed by atoms with van der Waals surface area (Å²) in [5.74, 6) is 0. The molecule has 0 saturated heterocycles. The first-order valence-electron chi connectivity index (χ1n) is 3.23. The summed E-state index contributed by atoms with van der Waals surface area (Å²) in [5, 5.41) is -1.83. The van der Waals surface area contributed by atoms with E-state index in [0.717, 1.165) is 13.2 Å². The van der Waals surface area contributed by atoms with Gasteiger partial charge in [-0.2, -0.15) is 16.8 Å². The average molecular weight is 220 g/mol. The smallest absolute Gasteiger partial charge is 0.254 e. The number of hydrogen-bond acceptors (Lipinski definition) is 3. The second-order valence-electron chi connectivity index (χ2n) is 2.55. The van der Waals surface area contributed by atoms with E-state index >= 15 is 0 Å². The SMILES string of the molecule is CCC(C)(OS(C)(=O)=O)P(F)F. The summed E-state index contributed by atoms with van der Waals surface area (Å²) in [6.45, 7) is 2.55. The maximum Gasteiger partial charge on any atom is 0.299 e. The largest absolute Gasteiger partial charge is 0.299 e. The van der Waals surface area contributed by atoms with Gasteiger partial charge in [-0.05, 0) is 13.3 Å². The zero-order valence-electron chi connectivity index (χ0n) is 7.04. The monoisotopic (exact) mass is 220 g/mol. The second-order valence-corrected chi connectivity index (χ2v) is 5.54. The van der Waals surface area contributed by atoms with E-state index in [-0.39, 0.29) is 6.42 Å². The van der Waals surface area contributed by atoms with Gasteiger partial charge in [0.1, 0.15) is 0 Å². The molecule has 0 heterocycles. The first-order chi connectivity index (χ1) is 5.21. The summed E-state index contributed by atoms with van der Waals surface area (Å²) in [5.41, 5.74) is 0. The van der Waals surface area contributed by atoms with Crippen LogP contribution in [0.25, 0.3) is 0 Å². The van der Waals surface area contributed by atoms with Crippen molar-refractivity contribution in [2.45, 2.75) is 25.6 Å². The molecule has 0 aromatic heterocycles. The Balaban J connectivity index is 4.57. The van der Waals surface area contributed by atoms with Gasteiger partial charge in [-0.1, -0.05) is 6.92 Å². The van der Waals surface area contributed by atoms with E-state index < -0.39 is 24.0 Å². The minimum absolute atomic E-state index is 0.0290. The quantitative estimate of drug-likeness (QED) is 0.539. The van der Waals surface area contributed by atoms with E-state index in [9.17, 15) is 16.8 Å². The van der Waals surface area contributed by atoms with Gasteiger partial charge in [0.15, 0.2) is 5.34 Å². The zero-order valence-corrected chi connectivity index (χ0v) is 8.75. The van der Waals surface area contributed by atoms with Gasteiger partial charge in [0.2, 0.25) is 0 Å². The summed E-state index contributed by atoms with van der Waals surface area (Å²) in [6, 6.07) is 0. The Bertz CT molecular complexity index is 241. The molecule has 0 aromatic rings. The van der Waals surface area contributed by atoms with Crippen LogP contribution in [0.1, 0.15) is 20.3 Å². The lowest BCUT2D eigenvalue weighted by atomic mass is 10.3. The summed E-state index contributed by atoms with van der Waals surface area (Å²) in [6.07, 6.45) is 0.735. The molecule has 0 aromatic carbocycles. The first-order valence-corrected chi connectivity index (χ1v) is 6.17. The van der Waals surface area contributed by atoms with Crippen LogP contribution in [0.2, 0.25) is 0 Å². The van der Waals surface area contributed by atoms with Crippen molar-refractivity contribution < 1.29 is 21.0 Å². The molecule has 0 N–H and O–H groups in total. The van der Waals surface area contributed by atoms with E-state index in [0.29, 0.717) is 0 Å². The highest BCUT2D eigenvalue weighted by atomic mass is 32.2. The summed E-state index contributed by atoms with van der Waals surface area (Å²) < 4.78 is 50.0. The van der Waals surface area contributed by atoms with Gasteiger partial charge >= 0.3 is 0 Å². The molecule has 3 nitrogen and oxygen atoms in total. The lowest BCUT2D eigenvalue weighted by Gasteiger charge is -2.24. The molecule has 12 heavy (non-hydrogen) atoms. The fraction of sp³-hybridized carbons (Fsp3) is 1.00. The minimum Gasteiger partial charge on any atom is -0.254 e. The van der Waals surface area contributed by atoms with Crippen molar-refractivity contribution in [3.8, 4) is 0 Å². The van der Waals surface area contributed by atoms with Crippen LogP contribution in [0, 0.1) is 0 Å². The molecule has 0 aliphatic heterocycles. The van der Waals surface area contributed by atoms with Gasteiger partial charge in [-0.15, -0.1) is 0 Å². The summed E-state index contributed by atoms with van der Waals surface area (Å²) >= 11 is 0. The lowest BCUT2D eigenvalue weighted by molar-refractivity contribution is 0.172. The van der Waals surface area contributed by atoms with Crippen molar-refractivity contribution in [3.63, 3.8) is 0 Å². The van der Waals surface area contributed by atoms with Crippen LogP contribution < -0.4 is 0 Å². The zero-order chi connectivity index (χ0) is 9.99. The van der Waals surface area contributed by atoms with Crippen LogP contribution in [0.5, 0.6) is 0 Å². The maximum atomic E-state index is 12.3. The topological polar surface area (TPSA) is 43.4 Å². The van der Waals surface area contributed by atoms with Gasteiger partial charge < -0.3 is 0 Å². The molecule has 0 amide bonds. The molecule has 0 aliphatic carbocycles. The van der Waals surface area contributed by atoms with Crippen LogP contribution in [0.3, 0.4) is 0 Å². The Morgan fingerprint density at radius 3 is 2.00 bits per heavy atom. The number of halogens is 2. The Kier molecular flexibility index (Phi) is 4.00. The molecule has 74 valence electrons. The first kappa shape index (κ1) is 12.2. The van der Waals surface area contributed by atoms with Crippen molar-refractivity contribution in [2.24, 2.45) is 0 Å². The third-order valence-corrected chi connectivity index (χ3v) is 3.26. The van der Waals surface area contributed by atoms with E-state index in [1.807, 2.05) is 0 Å². The molecular weight excluding hydrogens is 209 g/mol. The fourth-order valence-corrected chi connectivity index (χ4v) is 2.17. The molecule has 0 rings (SSSR count). The molecule has 0 saturated carbocycles. The third-order valence-electron chi connectivity index (χ3n) is 1.34. The molecular formula is C5H11F2O3PS. The molecule has 7 heteroatoms. The van der Waals surface area contributed by atoms with Crippen LogP contribution in [0.15, 0.2) is 0 Å². The molecule has 0 radical (unpaired) electrons. The van der Waals surface area contributed by atoms with Crippen molar-refractivity contribution in [2.75, 3.05) is 6.26 Å². The molecule has 0 spiro atoms. The van der Waals surface area contributed by atoms with Crippen LogP contribution in [-0.4, -0.2) is 20.0 Å². The lowest BCUT2D eigenvalue weighted by Crippen LogP contribution is -2.26. The Labute approximate surface area is 72.2 Å². The highest BCUT2D eigenvalue weighted by molar-refractivity contribution is 7.86. The molecule has 0 bridgehead atoms. The highest BCUT2D eigenvalue weighted by Crippen LogP contribution is 2.55. The average Bonchev–Trinajstić information content (AvgIpc) is 1.83. The Hall–Kier alpha value is 0.200. The normalized spacial score (nSPS) is 17.8. The van der Waals surface area contributed by atoms with Gasteiger partial charge in [0, 0.05) is 0 Å². The predicted molar refractivity (Wildman–Crippen MR) is 43.8 cm³/mol. The van der Waals surface area contributed by atoms with Gasteiger partial charge in [0.05, 0.1) is 6.26 Å². The van der Waals surface area contributed by atoms with Crippen LogP contribution in [-0.2, 0) is 14.3 Å². The number of rotatable bonds is 4. The van der Waals surface area contributed by atoms with Crippen molar-refractivity contribution in [1.82, 2.24) is 0 Å². The second kappa shape index (κ2) is 3.94. The van der Waals surface area contributed by atoms with Crippen molar-refractivity contribution >= 4 is 18.7 Å². The maximum absolute atomic E-state index is 12.3. The van der Waals surface area contributed by atoms with Crippen molar-refractivity contribution in [1.29, 1.82) is 0 Å². The Morgan fingerprint density at radius 1 is 1.50 bits per heavy atom. The van der Waals surface area contributed by atoms with Gasteiger partial charge in [-0.3, -0.25) is 4.18 Å². The van der Waals surface area contributed by atoms with Crippen LogP contribution >= 0.6 is 8.54 Å². The standard InChI is InChI=1S/C5H11F2O3PS/c1-4-5(2,11(6)7)10-12(3,8)9/h4H2,1-3H3. The predicted octanol–water partition coefficient (Wildman–Crippen LogP) is 2.34. The van der Waals surface area contributed by atoms with E-state index in [2.05, 4.69) is 4.18 Å². The highest BCUT2D eigenvalue weighted by Gasteiger charge is 2.39. The number of hydrogen-bond donors (Lipinski definition) is 0. The molecule has 0 fully saturated rings. The Morgan fingerprint density at radius 2 is 1.92 bits per heavy atom. The molecule has 1 unspecified atom stereocenters. The van der Waals surface area contributed by atoms with Crippen molar-refractivity contribution in [3.05, 3.63) is 0 Å². The third kappa shape index (κ3) is 3.74. The summed E-state index contributed by atoms with van der Waals surface area (Å²) in [7, 11) is -7.21. The van der Waals surface area contributed by atoms with Gasteiger partial charge in [0.25, 0.3) is 18.7 Å². The fourth-order valence-electron chi connectivity index (χ4n) is 0.533.